The Bertz CT molecular complexity index is 1020. The number of aromatic nitrogens is 4. The average molecular weight is 408 g/mol. The van der Waals surface area contributed by atoms with Gasteiger partial charge < -0.3 is 4.90 Å². The molecule has 0 bridgehead atoms. The van der Waals surface area contributed by atoms with Crippen molar-refractivity contribution in [2.24, 2.45) is 7.05 Å². The lowest BCUT2D eigenvalue weighted by Crippen LogP contribution is -2.28. The van der Waals surface area contributed by atoms with E-state index >= 15 is 0 Å². The summed E-state index contributed by atoms with van der Waals surface area (Å²) in [6, 6.07) is -0.112. The molecule has 0 saturated carbocycles. The Hall–Kier alpha value is -2.16. The van der Waals surface area contributed by atoms with Crippen LogP contribution in [0.1, 0.15) is 46.4 Å². The Balaban J connectivity index is 1.75. The van der Waals surface area contributed by atoms with Crippen molar-refractivity contribution >= 4 is 15.7 Å². The zero-order valence-electron chi connectivity index (χ0n) is 17.5. The fraction of sp³-hybridized carbons (Fsp3) is 0.632. The molecule has 1 aliphatic heterocycles. The third-order valence-electron chi connectivity index (χ3n) is 5.84. The van der Waals surface area contributed by atoms with Crippen molar-refractivity contribution in [2.45, 2.75) is 53.1 Å². The van der Waals surface area contributed by atoms with Crippen molar-refractivity contribution in [3.05, 3.63) is 33.9 Å². The number of aryl methyl sites for hydroxylation is 3. The molecule has 0 N–H and O–H groups in total. The quantitative estimate of drug-likeness (QED) is 0.748. The lowest BCUT2D eigenvalue weighted by Gasteiger charge is -2.18. The third-order valence-corrected chi connectivity index (χ3v) is 7.59. The molecule has 28 heavy (non-hydrogen) atoms. The van der Waals surface area contributed by atoms with E-state index in [9.17, 15) is 13.2 Å². The summed E-state index contributed by atoms with van der Waals surface area (Å²) in [5.41, 5.74) is 5.62. The van der Waals surface area contributed by atoms with Gasteiger partial charge in [0.05, 0.1) is 35.4 Å². The van der Waals surface area contributed by atoms with Gasteiger partial charge in [-0.1, -0.05) is 0 Å². The van der Waals surface area contributed by atoms with E-state index in [1.165, 1.54) is 0 Å². The second-order valence-corrected chi connectivity index (χ2v) is 10.1. The second kappa shape index (κ2) is 7.35. The molecule has 0 aliphatic carbocycles. The minimum Gasteiger partial charge on any atom is -0.341 e. The highest BCUT2D eigenvalue weighted by atomic mass is 32.2. The van der Waals surface area contributed by atoms with Crippen molar-refractivity contribution in [3.8, 4) is 0 Å². The Labute approximate surface area is 166 Å². The molecule has 1 saturated heterocycles. The number of amides is 1. The minimum absolute atomic E-state index is 0.0224. The summed E-state index contributed by atoms with van der Waals surface area (Å²) in [6.45, 7) is 8.21. The molecule has 1 amide bonds. The Kier molecular flexibility index (Phi) is 5.40. The molecule has 9 heteroatoms. The van der Waals surface area contributed by atoms with Crippen LogP contribution in [0.5, 0.6) is 0 Å². The fourth-order valence-corrected chi connectivity index (χ4v) is 5.63. The van der Waals surface area contributed by atoms with E-state index in [0.29, 0.717) is 19.4 Å². The zero-order chi connectivity index (χ0) is 20.8. The van der Waals surface area contributed by atoms with E-state index in [1.807, 2.05) is 39.4 Å². The van der Waals surface area contributed by atoms with Crippen LogP contribution in [0, 0.1) is 27.7 Å². The molecule has 0 aromatic carbocycles. The van der Waals surface area contributed by atoms with Crippen LogP contribution in [0.25, 0.3) is 0 Å². The van der Waals surface area contributed by atoms with Gasteiger partial charge in [-0.2, -0.15) is 10.2 Å². The van der Waals surface area contributed by atoms with Crippen molar-refractivity contribution in [1.82, 2.24) is 24.5 Å². The molecule has 3 rings (SSSR count). The van der Waals surface area contributed by atoms with Gasteiger partial charge in [-0.25, -0.2) is 8.42 Å². The Morgan fingerprint density at radius 1 is 1.11 bits per heavy atom. The van der Waals surface area contributed by atoms with Crippen LogP contribution in [0.2, 0.25) is 0 Å². The van der Waals surface area contributed by atoms with Crippen LogP contribution >= 0.6 is 0 Å². The van der Waals surface area contributed by atoms with Crippen LogP contribution in [0.15, 0.2) is 0 Å². The molecule has 8 nitrogen and oxygen atoms in total. The molecule has 1 unspecified atom stereocenters. The topological polar surface area (TPSA) is 90.1 Å². The Morgan fingerprint density at radius 2 is 1.75 bits per heavy atom. The molecule has 1 atom stereocenters. The van der Waals surface area contributed by atoms with Crippen LogP contribution in [-0.2, 0) is 34.6 Å². The highest BCUT2D eigenvalue weighted by Gasteiger charge is 2.31. The normalized spacial score (nSPS) is 18.6. The molecule has 1 aliphatic rings. The molecule has 1 fully saturated rings. The van der Waals surface area contributed by atoms with E-state index < -0.39 is 9.84 Å². The summed E-state index contributed by atoms with van der Waals surface area (Å²) in [4.78, 5) is 14.5. The van der Waals surface area contributed by atoms with Gasteiger partial charge in [0, 0.05) is 43.2 Å². The van der Waals surface area contributed by atoms with E-state index in [-0.39, 0.29) is 23.5 Å². The molecular formula is C19H29N5O3S. The third kappa shape index (κ3) is 3.85. The van der Waals surface area contributed by atoms with Gasteiger partial charge in [0.1, 0.15) is 0 Å². The SMILES string of the molecule is Cc1nn(C)c(C)c1CC(=O)N(C)Cc1c(C)nn(C2CCS(=O)(=O)C2)c1C. The number of nitrogens with zero attached hydrogens (tertiary/aromatic N) is 5. The van der Waals surface area contributed by atoms with Gasteiger partial charge in [-0.15, -0.1) is 0 Å². The van der Waals surface area contributed by atoms with E-state index in [0.717, 1.165) is 33.9 Å². The first kappa shape index (κ1) is 20.6. The molecule has 2 aromatic heterocycles. The zero-order valence-corrected chi connectivity index (χ0v) is 18.3. The van der Waals surface area contributed by atoms with Gasteiger partial charge in [0.15, 0.2) is 9.84 Å². The maximum Gasteiger partial charge on any atom is 0.227 e. The number of hydrogen-bond donors (Lipinski definition) is 0. The maximum absolute atomic E-state index is 12.8. The van der Waals surface area contributed by atoms with Crippen molar-refractivity contribution in [2.75, 3.05) is 18.6 Å². The largest absolute Gasteiger partial charge is 0.341 e. The Morgan fingerprint density at radius 3 is 2.29 bits per heavy atom. The summed E-state index contributed by atoms with van der Waals surface area (Å²) in [7, 11) is 0.696. The predicted octanol–water partition coefficient (Wildman–Crippen LogP) is 1.41. The van der Waals surface area contributed by atoms with Crippen molar-refractivity contribution in [1.29, 1.82) is 0 Å². The van der Waals surface area contributed by atoms with E-state index in [2.05, 4.69) is 10.2 Å². The first-order valence-electron chi connectivity index (χ1n) is 9.48. The number of likely N-dealkylation sites (N-methyl/N-ethyl adjacent to an activating group) is 1. The summed E-state index contributed by atoms with van der Waals surface area (Å²) < 4.78 is 27.3. The predicted molar refractivity (Wildman–Crippen MR) is 107 cm³/mol. The summed E-state index contributed by atoms with van der Waals surface area (Å²) in [6.07, 6.45) is 0.910. The number of sulfone groups is 1. The number of rotatable bonds is 5. The van der Waals surface area contributed by atoms with Gasteiger partial charge in [-0.05, 0) is 34.1 Å². The van der Waals surface area contributed by atoms with Crippen LogP contribution < -0.4 is 0 Å². The average Bonchev–Trinajstić information content (AvgIpc) is 3.19. The molecule has 0 spiro atoms. The lowest BCUT2D eigenvalue weighted by molar-refractivity contribution is -0.129. The summed E-state index contributed by atoms with van der Waals surface area (Å²) >= 11 is 0. The van der Waals surface area contributed by atoms with Gasteiger partial charge in [0.2, 0.25) is 5.91 Å². The van der Waals surface area contributed by atoms with Gasteiger partial charge >= 0.3 is 0 Å². The van der Waals surface area contributed by atoms with E-state index in [1.54, 1.807) is 16.6 Å². The van der Waals surface area contributed by atoms with Crippen LogP contribution in [0.3, 0.4) is 0 Å². The van der Waals surface area contributed by atoms with Crippen LogP contribution in [0.4, 0.5) is 0 Å². The first-order valence-corrected chi connectivity index (χ1v) is 11.3. The highest BCUT2D eigenvalue weighted by Crippen LogP contribution is 2.27. The van der Waals surface area contributed by atoms with Gasteiger partial charge in [0.25, 0.3) is 0 Å². The molecule has 0 radical (unpaired) electrons. The molecular weight excluding hydrogens is 378 g/mol. The fourth-order valence-electron chi connectivity index (χ4n) is 3.93. The van der Waals surface area contributed by atoms with Gasteiger partial charge in [-0.3, -0.25) is 14.2 Å². The number of carbonyl (C=O) groups is 1. The summed E-state index contributed by atoms with van der Waals surface area (Å²) in [5, 5.41) is 8.96. The summed E-state index contributed by atoms with van der Waals surface area (Å²) in [5.74, 6) is 0.380. The van der Waals surface area contributed by atoms with Crippen molar-refractivity contribution in [3.63, 3.8) is 0 Å². The number of carbonyl (C=O) groups excluding carboxylic acids is 1. The van der Waals surface area contributed by atoms with E-state index in [4.69, 9.17) is 0 Å². The second-order valence-electron chi connectivity index (χ2n) is 7.85. The standard InChI is InChI=1S/C19H29N5O3S/c1-12-17(14(3)23(6)20-12)9-19(25)22(5)10-18-13(2)21-24(15(18)4)16-7-8-28(26,27)11-16/h16H,7-11H2,1-6H3. The first-order chi connectivity index (χ1) is 13.0. The maximum atomic E-state index is 12.8. The van der Waals surface area contributed by atoms with Crippen molar-refractivity contribution < 1.29 is 13.2 Å². The molecule has 2 aromatic rings. The number of hydrogen-bond acceptors (Lipinski definition) is 5. The smallest absolute Gasteiger partial charge is 0.227 e. The molecule has 3 heterocycles. The minimum atomic E-state index is -2.97. The van der Waals surface area contributed by atoms with Crippen LogP contribution in [-0.4, -0.2) is 57.3 Å². The highest BCUT2D eigenvalue weighted by molar-refractivity contribution is 7.91. The lowest BCUT2D eigenvalue weighted by atomic mass is 10.1. The monoisotopic (exact) mass is 407 g/mol. The molecule has 154 valence electrons.